The Morgan fingerprint density at radius 2 is 0.794 bits per heavy atom. The number of amides is 2. The molecule has 8 N–H and O–H groups in total. The quantitative estimate of drug-likeness (QED) is 0.0294. The smallest absolute Gasteiger partial charge is 0.408 e. The summed E-state index contributed by atoms with van der Waals surface area (Å²) >= 11 is 6.04. The van der Waals surface area contributed by atoms with Crippen molar-refractivity contribution in [3.8, 4) is 45.0 Å². The second kappa shape index (κ2) is 46.2. The molecule has 4 atom stereocenters. The molecular formula is C79H94N8O10S5. The summed E-state index contributed by atoms with van der Waals surface area (Å²) in [6.45, 7) is 15.2. The number of alkyl carbamates (subject to hydrolysis) is 1. The summed E-state index contributed by atoms with van der Waals surface area (Å²) in [4.78, 5) is 99.1. The van der Waals surface area contributed by atoms with E-state index in [1.165, 1.54) is 34.0 Å². The van der Waals surface area contributed by atoms with Crippen molar-refractivity contribution in [2.45, 2.75) is 150 Å². The van der Waals surface area contributed by atoms with Gasteiger partial charge in [-0.05, 0) is 70.7 Å². The van der Waals surface area contributed by atoms with Gasteiger partial charge in [-0.2, -0.15) is 13.5 Å². The molecule has 0 aliphatic rings. The molecule has 4 heterocycles. The summed E-state index contributed by atoms with van der Waals surface area (Å²) in [7, 11) is 0. The second-order valence-corrected chi connectivity index (χ2v) is 27.8. The molecule has 0 aliphatic carbocycles. The number of thiazole rings is 4. The largest absolute Gasteiger partial charge is 0.480 e. The van der Waals surface area contributed by atoms with E-state index in [0.717, 1.165) is 92.2 Å². The Labute approximate surface area is 622 Å². The molecule has 6 aromatic carbocycles. The summed E-state index contributed by atoms with van der Waals surface area (Å²) in [5.41, 5.74) is 19.7. The number of carbonyl (C=O) groups excluding carboxylic acids is 5. The van der Waals surface area contributed by atoms with Crippen LogP contribution in [0.5, 0.6) is 0 Å². The number of hydrogen-bond donors (Lipinski definition) is 6. The van der Waals surface area contributed by atoms with E-state index in [-0.39, 0.29) is 49.3 Å². The standard InChI is InChI=1S/C22H22N2O2S.C16H19NOS.C15H18N2OS.C10H19NO4.C9H8N2S.C7H6O2.H2S/c1-2-9-18(24-22(26)17-12-7-4-8-13-17)20(25)14-21-23-19(15-27-21)16-10-5-3-6-11-16;1-3-7-12(2)15(18)10-16-17-14(11-19-16)13-8-5-4-6-9-13;1-2-6-12(16)14(18)9-15-17-13(10-19-15)11-7-4-3-5-8-11;1-5-6-7(8(12)13)11-9(14)15-10(2,3)4;10-9-11-8(6-12-9)7-4-2-1-3-5-7;8-7(9)6-4-2-1-3-5-6;/h3-8,10-13,15,18H,2,9,14H2,1H3,(H,24,26);4-6,8-9,11-12H,3,7,10H2,1-2H3;3-5,7-8,10,12H,2,6,9,16H2,1H3;7H,5-6H2,1-4H3,(H,11,14)(H,12,13);1-6H,(H2,10,11);1-5H,(H,8,9);1H2/t18-;2*12-;7-;;;/m0000.../s1. The summed E-state index contributed by atoms with van der Waals surface area (Å²) in [5.74, 6) is -1.61. The lowest BCUT2D eigenvalue weighted by atomic mass is 9.99. The van der Waals surface area contributed by atoms with E-state index in [0.29, 0.717) is 54.1 Å². The van der Waals surface area contributed by atoms with E-state index >= 15 is 0 Å². The Bertz CT molecular complexity index is 3980. The van der Waals surface area contributed by atoms with Gasteiger partial charge in [-0.1, -0.05) is 218 Å². The van der Waals surface area contributed by atoms with Crippen LogP contribution in [0.15, 0.2) is 204 Å². The minimum atomic E-state index is -1.04. The maximum Gasteiger partial charge on any atom is 0.408 e. The number of ether oxygens (including phenoxy) is 1. The highest BCUT2D eigenvalue weighted by molar-refractivity contribution is 7.59. The van der Waals surface area contributed by atoms with E-state index in [9.17, 15) is 33.6 Å². The third kappa shape index (κ3) is 31.7. The maximum absolute atomic E-state index is 12.8. The van der Waals surface area contributed by atoms with Gasteiger partial charge in [-0.15, -0.1) is 45.3 Å². The van der Waals surface area contributed by atoms with Crippen molar-refractivity contribution < 1.29 is 48.5 Å². The SMILES string of the molecule is CCC[C@H](C)C(=O)Cc1nc(-c2ccccc2)cs1.CCC[C@H](N)C(=O)Cc1nc(-c2ccccc2)cs1.CCC[C@H](NC(=O)OC(C)(C)C)C(=O)O.CCC[C@H](NC(=O)c1ccccc1)C(=O)Cc1nc(-c2ccccc2)cs1.Nc1nc(-c2ccccc2)cs1.O=C(O)c1ccccc1.S. The molecule has 0 unspecified atom stereocenters. The van der Waals surface area contributed by atoms with Gasteiger partial charge in [-0.25, -0.2) is 34.3 Å². The first-order valence-electron chi connectivity index (χ1n) is 33.5. The molecule has 2 amide bonds. The Hall–Kier alpha value is -9.36. The number of rotatable bonds is 26. The van der Waals surface area contributed by atoms with Crippen LogP contribution >= 0.6 is 58.8 Å². The van der Waals surface area contributed by atoms with Gasteiger partial charge in [0, 0.05) is 55.3 Å². The van der Waals surface area contributed by atoms with Crippen molar-refractivity contribution in [1.82, 2.24) is 30.6 Å². The zero-order valence-electron chi connectivity index (χ0n) is 59.0. The first-order valence-corrected chi connectivity index (χ1v) is 37.0. The average Bonchev–Trinajstić information content (AvgIpc) is 1.85. The average molecular weight is 1480 g/mol. The number of nitrogen functional groups attached to an aromatic ring is 1. The van der Waals surface area contributed by atoms with Crippen molar-refractivity contribution in [3.05, 3.63) is 230 Å². The number of carbonyl (C=O) groups is 7. The number of hydrogen-bond acceptors (Lipinski definition) is 18. The fourth-order valence-electron chi connectivity index (χ4n) is 9.38. The number of ketones is 3. The Morgan fingerprint density at radius 3 is 1.14 bits per heavy atom. The number of carboxylic acid groups (broad SMARTS) is 2. The number of nitrogens with zero attached hydrogens (tertiary/aromatic N) is 4. The molecule has 0 aliphatic heterocycles. The Kier molecular flexibility index (Phi) is 38.5. The van der Waals surface area contributed by atoms with E-state index in [1.54, 1.807) is 74.6 Å². The molecule has 18 nitrogen and oxygen atoms in total. The second-order valence-electron chi connectivity index (χ2n) is 24.1. The molecule has 102 heavy (non-hydrogen) atoms. The number of nitrogens with two attached hydrogens (primary N) is 2. The monoisotopic (exact) mass is 1470 g/mol. The number of aromatic nitrogens is 4. The molecular weight excluding hydrogens is 1380 g/mol. The molecule has 0 saturated carbocycles. The Balaban J connectivity index is 0.000000267. The van der Waals surface area contributed by atoms with Crippen LogP contribution in [0.3, 0.4) is 0 Å². The van der Waals surface area contributed by atoms with Crippen molar-refractivity contribution in [1.29, 1.82) is 0 Å². The topological polar surface area (TPSA) is 297 Å². The van der Waals surface area contributed by atoms with Gasteiger partial charge < -0.3 is 37.1 Å². The molecule has 10 rings (SSSR count). The fourth-order valence-corrected chi connectivity index (χ4v) is 12.4. The van der Waals surface area contributed by atoms with E-state index < -0.39 is 35.7 Å². The predicted octanol–water partition coefficient (Wildman–Crippen LogP) is 17.6. The summed E-state index contributed by atoms with van der Waals surface area (Å²) in [6, 6.07) is 55.5. The van der Waals surface area contributed by atoms with Crippen molar-refractivity contribution in [3.63, 3.8) is 0 Å². The number of carboxylic acids is 2. The highest BCUT2D eigenvalue weighted by Crippen LogP contribution is 2.27. The third-order valence-corrected chi connectivity index (χ3v) is 17.8. The van der Waals surface area contributed by atoms with Gasteiger partial charge in [0.25, 0.3) is 5.91 Å². The number of aliphatic carboxylic acids is 1. The predicted molar refractivity (Wildman–Crippen MR) is 420 cm³/mol. The van der Waals surface area contributed by atoms with Gasteiger partial charge in [0.1, 0.15) is 32.4 Å². The van der Waals surface area contributed by atoms with E-state index in [1.807, 2.05) is 189 Å². The highest BCUT2D eigenvalue weighted by atomic mass is 32.1. The number of Topliss-reactive ketones (excluding diaryl/α,β-unsaturated/α-hetero) is 3. The zero-order chi connectivity index (χ0) is 73.5. The molecule has 540 valence electrons. The maximum atomic E-state index is 12.8. The normalized spacial score (nSPS) is 11.6. The highest BCUT2D eigenvalue weighted by Gasteiger charge is 2.25. The molecule has 0 fully saturated rings. The van der Waals surface area contributed by atoms with Crippen molar-refractivity contribution >= 4 is 105 Å². The Morgan fingerprint density at radius 1 is 0.451 bits per heavy atom. The summed E-state index contributed by atoms with van der Waals surface area (Å²) in [6.07, 6.45) is 6.58. The third-order valence-electron chi connectivity index (χ3n) is 14.6. The molecule has 0 radical (unpaired) electrons. The number of anilines is 1. The van der Waals surface area contributed by atoms with Gasteiger partial charge in [-0.3, -0.25) is 19.2 Å². The molecule has 4 aromatic heterocycles. The van der Waals surface area contributed by atoms with E-state index in [4.69, 9.17) is 26.4 Å². The molecule has 0 saturated heterocycles. The lowest BCUT2D eigenvalue weighted by Gasteiger charge is -2.21. The lowest BCUT2D eigenvalue weighted by molar-refractivity contribution is -0.139. The molecule has 23 heteroatoms. The number of aromatic carboxylic acids is 1. The van der Waals surface area contributed by atoms with Crippen LogP contribution in [-0.4, -0.2) is 95.2 Å². The van der Waals surface area contributed by atoms with Crippen molar-refractivity contribution in [2.75, 3.05) is 5.73 Å². The van der Waals surface area contributed by atoms with Crippen LogP contribution in [-0.2, 0) is 43.2 Å². The lowest BCUT2D eigenvalue weighted by Crippen LogP contribution is -2.43. The van der Waals surface area contributed by atoms with Crippen LogP contribution in [0, 0.1) is 5.92 Å². The molecule has 0 bridgehead atoms. The van der Waals surface area contributed by atoms with Gasteiger partial charge >= 0.3 is 18.0 Å². The van der Waals surface area contributed by atoms with E-state index in [2.05, 4.69) is 37.5 Å². The summed E-state index contributed by atoms with van der Waals surface area (Å²) in [5, 5.41) is 33.5. The zero-order valence-corrected chi connectivity index (χ0v) is 63.2. The first kappa shape index (κ1) is 85.1. The van der Waals surface area contributed by atoms with Crippen LogP contribution in [0.1, 0.15) is 142 Å². The molecule has 0 spiro atoms. The number of nitrogens with one attached hydrogen (secondary N) is 2. The summed E-state index contributed by atoms with van der Waals surface area (Å²) < 4.78 is 4.95. The number of benzene rings is 6. The van der Waals surface area contributed by atoms with Crippen LogP contribution in [0.2, 0.25) is 0 Å². The van der Waals surface area contributed by atoms with Crippen LogP contribution in [0.4, 0.5) is 9.93 Å². The van der Waals surface area contributed by atoms with Crippen molar-refractivity contribution in [2.24, 2.45) is 11.7 Å². The van der Waals surface area contributed by atoms with Gasteiger partial charge in [0.15, 0.2) is 16.7 Å². The minimum Gasteiger partial charge on any atom is -0.480 e. The minimum absolute atomic E-state index is 0. The fraction of sp³-hybridized carbons (Fsp3) is 0.304. The van der Waals surface area contributed by atoms with Gasteiger partial charge in [0.2, 0.25) is 0 Å². The van der Waals surface area contributed by atoms with Crippen LogP contribution < -0.4 is 22.1 Å². The first-order chi connectivity index (χ1) is 48.5. The van der Waals surface area contributed by atoms with Crippen LogP contribution in [0.25, 0.3) is 45.0 Å². The van der Waals surface area contributed by atoms with Gasteiger partial charge in [0.05, 0.1) is 59.7 Å². The molecule has 10 aromatic rings.